The standard InChI is InChI=1S/C9H19NO/c1-2-9-7-8(3-5-10)4-6-11-9/h8-9H,2-7,10H2,1H3. The van der Waals surface area contributed by atoms with Gasteiger partial charge in [-0.25, -0.2) is 0 Å². The van der Waals surface area contributed by atoms with E-state index in [4.69, 9.17) is 10.5 Å². The van der Waals surface area contributed by atoms with Crippen molar-refractivity contribution in [3.05, 3.63) is 0 Å². The van der Waals surface area contributed by atoms with Gasteiger partial charge in [-0.3, -0.25) is 0 Å². The van der Waals surface area contributed by atoms with Crippen molar-refractivity contribution >= 4 is 0 Å². The van der Waals surface area contributed by atoms with E-state index in [1.807, 2.05) is 0 Å². The second-order valence-electron chi connectivity index (χ2n) is 3.37. The Hall–Kier alpha value is -0.0800. The zero-order chi connectivity index (χ0) is 8.10. The molecular weight excluding hydrogens is 138 g/mol. The molecule has 1 fully saturated rings. The number of rotatable bonds is 3. The molecular formula is C9H19NO. The van der Waals surface area contributed by atoms with E-state index in [2.05, 4.69) is 6.92 Å². The minimum atomic E-state index is 0.514. The molecule has 2 nitrogen and oxygen atoms in total. The number of nitrogens with two attached hydrogens (primary N) is 1. The molecule has 2 N–H and O–H groups in total. The molecule has 66 valence electrons. The van der Waals surface area contributed by atoms with Crippen molar-refractivity contribution in [1.82, 2.24) is 0 Å². The summed E-state index contributed by atoms with van der Waals surface area (Å²) >= 11 is 0. The van der Waals surface area contributed by atoms with Gasteiger partial charge in [0.2, 0.25) is 0 Å². The first-order valence-electron chi connectivity index (χ1n) is 4.68. The predicted molar refractivity (Wildman–Crippen MR) is 46.4 cm³/mol. The van der Waals surface area contributed by atoms with Gasteiger partial charge < -0.3 is 10.5 Å². The molecule has 1 rings (SSSR count). The summed E-state index contributed by atoms with van der Waals surface area (Å²) in [6.07, 6.45) is 5.29. The van der Waals surface area contributed by atoms with Crippen LogP contribution in [-0.2, 0) is 4.74 Å². The van der Waals surface area contributed by atoms with Crippen LogP contribution in [-0.4, -0.2) is 19.3 Å². The molecule has 0 aromatic carbocycles. The Morgan fingerprint density at radius 2 is 2.36 bits per heavy atom. The molecule has 0 aromatic rings. The molecule has 0 bridgehead atoms. The minimum absolute atomic E-state index is 0.514. The van der Waals surface area contributed by atoms with Gasteiger partial charge in [0.1, 0.15) is 0 Å². The zero-order valence-electron chi connectivity index (χ0n) is 7.38. The lowest BCUT2D eigenvalue weighted by Crippen LogP contribution is -2.26. The Morgan fingerprint density at radius 3 is 3.00 bits per heavy atom. The summed E-state index contributed by atoms with van der Waals surface area (Å²) < 4.78 is 5.56. The van der Waals surface area contributed by atoms with Gasteiger partial charge >= 0.3 is 0 Å². The van der Waals surface area contributed by atoms with Crippen molar-refractivity contribution in [2.24, 2.45) is 11.7 Å². The van der Waals surface area contributed by atoms with Crippen LogP contribution in [0.5, 0.6) is 0 Å². The summed E-state index contributed by atoms with van der Waals surface area (Å²) in [5.74, 6) is 0.832. The monoisotopic (exact) mass is 157 g/mol. The first-order chi connectivity index (χ1) is 5.36. The van der Waals surface area contributed by atoms with E-state index in [0.29, 0.717) is 6.10 Å². The fourth-order valence-corrected chi connectivity index (χ4v) is 1.74. The van der Waals surface area contributed by atoms with Crippen molar-refractivity contribution in [1.29, 1.82) is 0 Å². The van der Waals surface area contributed by atoms with E-state index in [9.17, 15) is 0 Å². The van der Waals surface area contributed by atoms with Gasteiger partial charge in [0.05, 0.1) is 6.10 Å². The van der Waals surface area contributed by atoms with Crippen LogP contribution in [0.4, 0.5) is 0 Å². The molecule has 0 amide bonds. The molecule has 0 aromatic heterocycles. The van der Waals surface area contributed by atoms with Crippen LogP contribution in [0.1, 0.15) is 32.6 Å². The van der Waals surface area contributed by atoms with Crippen LogP contribution in [0.3, 0.4) is 0 Å². The third-order valence-corrected chi connectivity index (χ3v) is 2.51. The van der Waals surface area contributed by atoms with Gasteiger partial charge in [0.15, 0.2) is 0 Å². The normalized spacial score (nSPS) is 32.2. The molecule has 2 unspecified atom stereocenters. The van der Waals surface area contributed by atoms with Gasteiger partial charge in [0, 0.05) is 6.61 Å². The van der Waals surface area contributed by atoms with Crippen molar-refractivity contribution in [2.45, 2.75) is 38.7 Å². The third kappa shape index (κ3) is 2.80. The molecule has 0 saturated carbocycles. The van der Waals surface area contributed by atoms with E-state index in [1.165, 1.54) is 19.3 Å². The summed E-state index contributed by atoms with van der Waals surface area (Å²) in [4.78, 5) is 0. The highest BCUT2D eigenvalue weighted by atomic mass is 16.5. The van der Waals surface area contributed by atoms with Crippen LogP contribution < -0.4 is 5.73 Å². The smallest absolute Gasteiger partial charge is 0.0575 e. The average molecular weight is 157 g/mol. The molecule has 11 heavy (non-hydrogen) atoms. The lowest BCUT2D eigenvalue weighted by atomic mass is 9.92. The molecule has 2 heteroatoms. The summed E-state index contributed by atoms with van der Waals surface area (Å²) in [5.41, 5.74) is 5.51. The van der Waals surface area contributed by atoms with Gasteiger partial charge in [-0.1, -0.05) is 6.92 Å². The minimum Gasteiger partial charge on any atom is -0.378 e. The summed E-state index contributed by atoms with van der Waals surface area (Å²) in [5, 5.41) is 0. The number of hydrogen-bond donors (Lipinski definition) is 1. The molecule has 0 radical (unpaired) electrons. The fraction of sp³-hybridized carbons (Fsp3) is 1.00. The maximum atomic E-state index is 5.56. The Labute approximate surface area is 69.1 Å². The highest BCUT2D eigenvalue weighted by Gasteiger charge is 2.19. The maximum absolute atomic E-state index is 5.56. The summed E-state index contributed by atoms with van der Waals surface area (Å²) in [6.45, 7) is 3.97. The second-order valence-corrected chi connectivity index (χ2v) is 3.37. The first-order valence-corrected chi connectivity index (χ1v) is 4.68. The van der Waals surface area contributed by atoms with Gasteiger partial charge in [-0.15, -0.1) is 0 Å². The van der Waals surface area contributed by atoms with Crippen molar-refractivity contribution < 1.29 is 4.74 Å². The Kier molecular flexibility index (Phi) is 3.87. The van der Waals surface area contributed by atoms with Crippen LogP contribution in [0.15, 0.2) is 0 Å². The largest absolute Gasteiger partial charge is 0.378 e. The van der Waals surface area contributed by atoms with Crippen LogP contribution >= 0.6 is 0 Å². The SMILES string of the molecule is CCC1CC(CCN)CCO1. The average Bonchev–Trinajstić information content (AvgIpc) is 2.06. The number of ether oxygens (including phenoxy) is 1. The topological polar surface area (TPSA) is 35.2 Å². The predicted octanol–water partition coefficient (Wildman–Crippen LogP) is 1.54. The molecule has 1 aliphatic heterocycles. The summed E-state index contributed by atoms with van der Waals surface area (Å²) in [7, 11) is 0. The van der Waals surface area contributed by atoms with Gasteiger partial charge in [-0.2, -0.15) is 0 Å². The first kappa shape index (κ1) is 9.01. The molecule has 1 saturated heterocycles. The van der Waals surface area contributed by atoms with E-state index < -0.39 is 0 Å². The third-order valence-electron chi connectivity index (χ3n) is 2.51. The van der Waals surface area contributed by atoms with E-state index >= 15 is 0 Å². The zero-order valence-corrected chi connectivity index (χ0v) is 7.38. The molecule has 2 atom stereocenters. The molecule has 0 spiro atoms. The van der Waals surface area contributed by atoms with Crippen molar-refractivity contribution in [2.75, 3.05) is 13.2 Å². The Bertz CT molecular complexity index is 104. The number of hydrogen-bond acceptors (Lipinski definition) is 2. The van der Waals surface area contributed by atoms with Crippen molar-refractivity contribution in [3.63, 3.8) is 0 Å². The highest BCUT2D eigenvalue weighted by Crippen LogP contribution is 2.23. The van der Waals surface area contributed by atoms with E-state index in [1.54, 1.807) is 0 Å². The highest BCUT2D eigenvalue weighted by molar-refractivity contribution is 4.70. The molecule has 1 heterocycles. The van der Waals surface area contributed by atoms with Gasteiger partial charge in [-0.05, 0) is 38.1 Å². The lowest BCUT2D eigenvalue weighted by Gasteiger charge is -2.28. The fourth-order valence-electron chi connectivity index (χ4n) is 1.74. The Balaban J connectivity index is 2.21. The Morgan fingerprint density at radius 1 is 1.55 bits per heavy atom. The lowest BCUT2D eigenvalue weighted by molar-refractivity contribution is -0.0115. The van der Waals surface area contributed by atoms with Gasteiger partial charge in [0.25, 0.3) is 0 Å². The van der Waals surface area contributed by atoms with E-state index in [0.717, 1.165) is 25.5 Å². The van der Waals surface area contributed by atoms with Crippen LogP contribution in [0.2, 0.25) is 0 Å². The van der Waals surface area contributed by atoms with E-state index in [-0.39, 0.29) is 0 Å². The van der Waals surface area contributed by atoms with Crippen LogP contribution in [0, 0.1) is 5.92 Å². The van der Waals surface area contributed by atoms with Crippen molar-refractivity contribution in [3.8, 4) is 0 Å². The summed E-state index contributed by atoms with van der Waals surface area (Å²) in [6, 6.07) is 0. The maximum Gasteiger partial charge on any atom is 0.0575 e. The molecule has 0 aliphatic carbocycles. The molecule has 1 aliphatic rings. The van der Waals surface area contributed by atoms with Crippen LogP contribution in [0.25, 0.3) is 0 Å². The quantitative estimate of drug-likeness (QED) is 0.674. The second kappa shape index (κ2) is 4.73.